The van der Waals surface area contributed by atoms with Crippen LogP contribution in [0.1, 0.15) is 51.0 Å². The number of rotatable bonds is 5. The summed E-state index contributed by atoms with van der Waals surface area (Å²) >= 11 is 0. The SMILES string of the molecule is C[C@@H](Oc1ccc(-c2ccc(C#N)cc2)cc1)C(=O)C12CC3CC(CC(C3)C1)C2. The van der Waals surface area contributed by atoms with Gasteiger partial charge in [-0.1, -0.05) is 24.3 Å². The molecule has 6 rings (SSSR count). The van der Waals surface area contributed by atoms with E-state index >= 15 is 0 Å². The van der Waals surface area contributed by atoms with Crippen LogP contribution in [-0.4, -0.2) is 11.9 Å². The van der Waals surface area contributed by atoms with Gasteiger partial charge >= 0.3 is 0 Å². The number of nitrogens with zero attached hydrogens (tertiary/aromatic N) is 1. The molecule has 0 saturated heterocycles. The number of ether oxygens (including phenoxy) is 1. The topological polar surface area (TPSA) is 50.1 Å². The monoisotopic (exact) mass is 385 g/mol. The predicted octanol–water partition coefficient (Wildman–Crippen LogP) is 5.78. The minimum atomic E-state index is -0.396. The van der Waals surface area contributed by atoms with Crippen LogP contribution in [0.5, 0.6) is 5.75 Å². The number of ketones is 1. The highest BCUT2D eigenvalue weighted by Crippen LogP contribution is 2.60. The number of carbonyl (C=O) groups excluding carboxylic acids is 1. The number of benzene rings is 2. The van der Waals surface area contributed by atoms with Crippen molar-refractivity contribution in [1.29, 1.82) is 5.26 Å². The smallest absolute Gasteiger partial charge is 0.179 e. The first-order valence-electron chi connectivity index (χ1n) is 10.9. The van der Waals surface area contributed by atoms with E-state index in [0.29, 0.717) is 11.3 Å². The van der Waals surface area contributed by atoms with E-state index in [2.05, 4.69) is 6.07 Å². The van der Waals surface area contributed by atoms with Crippen LogP contribution in [0.15, 0.2) is 48.5 Å². The van der Waals surface area contributed by atoms with E-state index in [1.165, 1.54) is 19.3 Å². The fourth-order valence-corrected chi connectivity index (χ4v) is 6.56. The van der Waals surface area contributed by atoms with Crippen LogP contribution >= 0.6 is 0 Å². The standard InChI is InChI=1S/C26H27NO2/c1-17(25(28)26-13-19-10-20(14-26)12-21(11-19)15-26)29-24-8-6-23(7-9-24)22-4-2-18(16-27)3-5-22/h2-9,17,19-21H,10-15H2,1H3/t17-,19?,20?,21?,26?/m1/s1. The average Bonchev–Trinajstić information content (AvgIpc) is 2.73. The Balaban J connectivity index is 1.27. The Hall–Kier alpha value is -2.60. The molecule has 0 radical (unpaired) electrons. The molecule has 148 valence electrons. The number of hydrogen-bond donors (Lipinski definition) is 0. The molecule has 0 amide bonds. The summed E-state index contributed by atoms with van der Waals surface area (Å²) in [5.41, 5.74) is 2.68. The molecule has 4 saturated carbocycles. The highest BCUT2D eigenvalue weighted by molar-refractivity contribution is 5.89. The van der Waals surface area contributed by atoms with Gasteiger partial charge in [-0.25, -0.2) is 0 Å². The zero-order valence-corrected chi connectivity index (χ0v) is 16.9. The lowest BCUT2D eigenvalue weighted by Gasteiger charge is -2.56. The molecule has 4 fully saturated rings. The molecule has 29 heavy (non-hydrogen) atoms. The van der Waals surface area contributed by atoms with Crippen LogP contribution in [0.4, 0.5) is 0 Å². The molecule has 0 spiro atoms. The first-order chi connectivity index (χ1) is 14.0. The van der Waals surface area contributed by atoms with E-state index in [4.69, 9.17) is 10.00 Å². The Labute approximate surface area is 172 Å². The molecule has 3 nitrogen and oxygen atoms in total. The lowest BCUT2D eigenvalue weighted by molar-refractivity contribution is -0.150. The highest BCUT2D eigenvalue weighted by Gasteiger charge is 2.55. The molecular formula is C26H27NO2. The first-order valence-corrected chi connectivity index (χ1v) is 10.9. The normalized spacial score (nSPS) is 30.6. The second-order valence-corrected chi connectivity index (χ2v) is 9.54. The number of Topliss-reactive ketones (excluding diaryl/α,β-unsaturated/α-hetero) is 1. The second kappa shape index (κ2) is 7.02. The van der Waals surface area contributed by atoms with E-state index in [0.717, 1.165) is 53.9 Å². The van der Waals surface area contributed by atoms with Crippen LogP contribution in [0.25, 0.3) is 11.1 Å². The van der Waals surface area contributed by atoms with Crippen LogP contribution < -0.4 is 4.74 Å². The number of hydrogen-bond acceptors (Lipinski definition) is 3. The fraction of sp³-hybridized carbons (Fsp3) is 0.462. The predicted molar refractivity (Wildman–Crippen MR) is 112 cm³/mol. The minimum Gasteiger partial charge on any atom is -0.483 e. The van der Waals surface area contributed by atoms with Crippen molar-refractivity contribution in [2.45, 2.75) is 51.6 Å². The molecule has 4 bridgehead atoms. The minimum absolute atomic E-state index is 0.114. The maximum absolute atomic E-state index is 13.4. The van der Waals surface area contributed by atoms with Crippen molar-refractivity contribution in [2.75, 3.05) is 0 Å². The van der Waals surface area contributed by atoms with Gasteiger partial charge in [0.2, 0.25) is 0 Å². The second-order valence-electron chi connectivity index (χ2n) is 9.54. The van der Waals surface area contributed by atoms with Crippen molar-refractivity contribution >= 4 is 5.78 Å². The molecule has 2 aromatic rings. The Morgan fingerprint density at radius 1 is 0.931 bits per heavy atom. The molecule has 0 N–H and O–H groups in total. The molecular weight excluding hydrogens is 358 g/mol. The van der Waals surface area contributed by atoms with Gasteiger partial charge in [-0.2, -0.15) is 5.26 Å². The Kier molecular flexibility index (Phi) is 4.46. The third-order valence-corrected chi connectivity index (χ3v) is 7.44. The largest absolute Gasteiger partial charge is 0.483 e. The zero-order chi connectivity index (χ0) is 20.0. The molecule has 0 heterocycles. The summed E-state index contributed by atoms with van der Waals surface area (Å²) in [6.07, 6.45) is 6.90. The van der Waals surface area contributed by atoms with Gasteiger partial charge in [0, 0.05) is 5.41 Å². The zero-order valence-electron chi connectivity index (χ0n) is 16.9. The summed E-state index contributed by atoms with van der Waals surface area (Å²) in [7, 11) is 0. The number of carbonyl (C=O) groups is 1. The molecule has 3 heteroatoms. The van der Waals surface area contributed by atoms with Gasteiger partial charge in [0.25, 0.3) is 0 Å². The summed E-state index contributed by atoms with van der Waals surface area (Å²) in [5, 5.41) is 8.94. The van der Waals surface area contributed by atoms with Crippen LogP contribution in [0.3, 0.4) is 0 Å². The molecule has 4 aliphatic carbocycles. The van der Waals surface area contributed by atoms with E-state index in [1.807, 2.05) is 55.5 Å². The summed E-state index contributed by atoms with van der Waals surface area (Å²) in [6.45, 7) is 1.93. The lowest BCUT2D eigenvalue weighted by Crippen LogP contribution is -2.53. The van der Waals surface area contributed by atoms with Crippen LogP contribution in [-0.2, 0) is 4.79 Å². The van der Waals surface area contributed by atoms with Crippen molar-refractivity contribution in [3.05, 3.63) is 54.1 Å². The van der Waals surface area contributed by atoms with Gasteiger partial charge < -0.3 is 4.74 Å². The molecule has 1 atom stereocenters. The van der Waals surface area contributed by atoms with Crippen molar-refractivity contribution in [3.8, 4) is 22.9 Å². The highest BCUT2D eigenvalue weighted by atomic mass is 16.5. The molecule has 0 aliphatic heterocycles. The van der Waals surface area contributed by atoms with Gasteiger partial charge in [0.05, 0.1) is 11.6 Å². The van der Waals surface area contributed by atoms with Crippen molar-refractivity contribution in [1.82, 2.24) is 0 Å². The summed E-state index contributed by atoms with van der Waals surface area (Å²) in [6, 6.07) is 17.6. The third kappa shape index (κ3) is 3.35. The Morgan fingerprint density at radius 2 is 1.41 bits per heavy atom. The molecule has 0 unspecified atom stereocenters. The van der Waals surface area contributed by atoms with Crippen molar-refractivity contribution < 1.29 is 9.53 Å². The van der Waals surface area contributed by atoms with Gasteiger partial charge in [-0.15, -0.1) is 0 Å². The van der Waals surface area contributed by atoms with Gasteiger partial charge in [-0.05, 0) is 98.6 Å². The maximum Gasteiger partial charge on any atom is 0.179 e. The van der Waals surface area contributed by atoms with Gasteiger partial charge in [-0.3, -0.25) is 4.79 Å². The van der Waals surface area contributed by atoms with Crippen LogP contribution in [0.2, 0.25) is 0 Å². The maximum atomic E-state index is 13.4. The van der Waals surface area contributed by atoms with Gasteiger partial charge in [0.1, 0.15) is 5.75 Å². The Morgan fingerprint density at radius 3 is 1.90 bits per heavy atom. The summed E-state index contributed by atoms with van der Waals surface area (Å²) in [4.78, 5) is 13.4. The molecule has 2 aromatic carbocycles. The first kappa shape index (κ1) is 18.4. The molecule has 4 aliphatic rings. The number of nitriles is 1. The summed E-state index contributed by atoms with van der Waals surface area (Å²) < 4.78 is 6.10. The van der Waals surface area contributed by atoms with E-state index in [1.54, 1.807) is 0 Å². The van der Waals surface area contributed by atoms with Crippen molar-refractivity contribution in [3.63, 3.8) is 0 Å². The van der Waals surface area contributed by atoms with Crippen LogP contribution in [0, 0.1) is 34.5 Å². The van der Waals surface area contributed by atoms with E-state index < -0.39 is 6.10 Å². The quantitative estimate of drug-likeness (QED) is 0.656. The third-order valence-electron chi connectivity index (χ3n) is 7.44. The summed E-state index contributed by atoms with van der Waals surface area (Å²) in [5.74, 6) is 3.37. The molecule has 0 aromatic heterocycles. The van der Waals surface area contributed by atoms with Gasteiger partial charge in [0.15, 0.2) is 11.9 Å². The lowest BCUT2D eigenvalue weighted by atomic mass is 9.48. The average molecular weight is 386 g/mol. The van der Waals surface area contributed by atoms with E-state index in [-0.39, 0.29) is 5.41 Å². The Bertz CT molecular complexity index is 916. The van der Waals surface area contributed by atoms with Crippen molar-refractivity contribution in [2.24, 2.45) is 23.2 Å². The fourth-order valence-electron chi connectivity index (χ4n) is 6.56. The van der Waals surface area contributed by atoms with E-state index in [9.17, 15) is 4.79 Å².